The molecule has 5 aromatic rings. The minimum Gasteiger partial charge on any atom is -0.435 e. The zero-order chi connectivity index (χ0) is 23.9. The molecule has 176 valence electrons. The van der Waals surface area contributed by atoms with Crippen LogP contribution in [-0.4, -0.2) is 57.0 Å². The number of hydrogen-bond acceptors (Lipinski definition) is 5. The Morgan fingerprint density at radius 2 is 1.83 bits per heavy atom. The van der Waals surface area contributed by atoms with Crippen LogP contribution in [0.4, 0.5) is 4.39 Å². The average molecular weight is 471 g/mol. The van der Waals surface area contributed by atoms with Gasteiger partial charge >= 0.3 is 0 Å². The number of H-pyrrole nitrogens is 2. The largest absolute Gasteiger partial charge is 0.435 e. The molecule has 0 aliphatic carbocycles. The van der Waals surface area contributed by atoms with Crippen LogP contribution in [0.2, 0.25) is 0 Å². The van der Waals surface area contributed by atoms with Crippen molar-refractivity contribution in [2.24, 2.45) is 0 Å². The summed E-state index contributed by atoms with van der Waals surface area (Å²) < 4.78 is 26.3. The molecule has 1 saturated heterocycles. The monoisotopic (exact) mass is 471 g/mol. The molecular formula is C26H22FN5O3. The van der Waals surface area contributed by atoms with Gasteiger partial charge in [-0.05, 0) is 48.9 Å². The Bertz CT molecular complexity index is 1550. The van der Waals surface area contributed by atoms with E-state index in [2.05, 4.69) is 19.9 Å². The first-order chi connectivity index (χ1) is 17.1. The van der Waals surface area contributed by atoms with Crippen molar-refractivity contribution in [3.63, 3.8) is 0 Å². The molecule has 1 aliphatic heterocycles. The van der Waals surface area contributed by atoms with Gasteiger partial charge in [-0.3, -0.25) is 4.79 Å². The van der Waals surface area contributed by atoms with Crippen molar-refractivity contribution in [3.8, 4) is 22.9 Å². The highest BCUT2D eigenvalue weighted by atomic mass is 19.1. The number of morpholine rings is 1. The van der Waals surface area contributed by atoms with Crippen molar-refractivity contribution >= 4 is 27.8 Å². The second-order valence-electron chi connectivity index (χ2n) is 8.50. The van der Waals surface area contributed by atoms with Gasteiger partial charge in [-0.25, -0.2) is 14.4 Å². The number of fused-ring (bicyclic) bond motifs is 2. The Balaban J connectivity index is 1.29. The molecule has 0 unspecified atom stereocenters. The molecule has 9 heteroatoms. The quantitative estimate of drug-likeness (QED) is 0.392. The normalized spacial score (nSPS) is 14.1. The maximum atomic E-state index is 15.0. The number of nitrogens with zero attached hydrogens (tertiary/aromatic N) is 3. The Morgan fingerprint density at radius 3 is 2.63 bits per heavy atom. The van der Waals surface area contributed by atoms with Gasteiger partial charge in [0.25, 0.3) is 5.91 Å². The van der Waals surface area contributed by atoms with Gasteiger partial charge in [-0.1, -0.05) is 12.1 Å². The molecule has 35 heavy (non-hydrogen) atoms. The molecule has 3 aromatic heterocycles. The Morgan fingerprint density at radius 1 is 1.03 bits per heavy atom. The third-order valence-corrected chi connectivity index (χ3v) is 6.17. The summed E-state index contributed by atoms with van der Waals surface area (Å²) in [5.74, 6) is -0.114. The van der Waals surface area contributed by atoms with Gasteiger partial charge < -0.3 is 24.3 Å². The molecule has 1 aliphatic rings. The van der Waals surface area contributed by atoms with Crippen molar-refractivity contribution in [3.05, 3.63) is 71.9 Å². The number of amides is 1. The fourth-order valence-electron chi connectivity index (χ4n) is 4.37. The van der Waals surface area contributed by atoms with Crippen LogP contribution in [0.3, 0.4) is 0 Å². The van der Waals surface area contributed by atoms with Crippen LogP contribution in [0, 0.1) is 12.7 Å². The highest BCUT2D eigenvalue weighted by Crippen LogP contribution is 2.34. The van der Waals surface area contributed by atoms with Gasteiger partial charge in [0.15, 0.2) is 11.6 Å². The number of aryl methyl sites for hydroxylation is 1. The summed E-state index contributed by atoms with van der Waals surface area (Å²) in [5, 5.41) is 1.09. The molecule has 0 saturated carbocycles. The molecule has 6 rings (SSSR count). The minimum atomic E-state index is -0.449. The average Bonchev–Trinajstić information content (AvgIpc) is 3.50. The molecule has 2 N–H and O–H groups in total. The second-order valence-corrected chi connectivity index (χ2v) is 8.50. The number of carbonyl (C=O) groups is 1. The predicted molar refractivity (Wildman–Crippen MR) is 129 cm³/mol. The Hall–Kier alpha value is -4.24. The van der Waals surface area contributed by atoms with Crippen molar-refractivity contribution < 1.29 is 18.7 Å². The van der Waals surface area contributed by atoms with Gasteiger partial charge in [0.2, 0.25) is 5.88 Å². The number of hydrogen-bond donors (Lipinski definition) is 2. The number of aromatic nitrogens is 4. The number of aromatic amines is 2. The van der Waals surface area contributed by atoms with E-state index in [1.165, 1.54) is 6.33 Å². The van der Waals surface area contributed by atoms with Crippen LogP contribution in [0.1, 0.15) is 16.1 Å². The highest BCUT2D eigenvalue weighted by molar-refractivity contribution is 5.95. The zero-order valence-electron chi connectivity index (χ0n) is 19.0. The molecule has 0 atom stereocenters. The van der Waals surface area contributed by atoms with E-state index in [9.17, 15) is 4.79 Å². The first kappa shape index (κ1) is 21.3. The van der Waals surface area contributed by atoms with E-state index in [1.807, 2.05) is 37.3 Å². The van der Waals surface area contributed by atoms with Crippen molar-refractivity contribution in [1.82, 2.24) is 24.8 Å². The van der Waals surface area contributed by atoms with Crippen LogP contribution in [0.5, 0.6) is 11.6 Å². The fraction of sp³-hybridized carbons (Fsp3) is 0.192. The first-order valence-electron chi connectivity index (χ1n) is 11.3. The summed E-state index contributed by atoms with van der Waals surface area (Å²) in [5.41, 5.74) is 4.43. The van der Waals surface area contributed by atoms with Crippen molar-refractivity contribution in [2.45, 2.75) is 6.92 Å². The molecule has 0 radical (unpaired) electrons. The fourth-order valence-corrected chi connectivity index (χ4v) is 4.37. The summed E-state index contributed by atoms with van der Waals surface area (Å²) in [7, 11) is 0. The van der Waals surface area contributed by atoms with E-state index in [0.717, 1.165) is 17.0 Å². The van der Waals surface area contributed by atoms with Crippen LogP contribution in [-0.2, 0) is 4.74 Å². The maximum Gasteiger partial charge on any atom is 0.254 e. The lowest BCUT2D eigenvalue weighted by Gasteiger charge is -2.26. The number of nitrogens with one attached hydrogen (secondary N) is 2. The topological polar surface area (TPSA) is 96.1 Å². The van der Waals surface area contributed by atoms with Crippen molar-refractivity contribution in [2.75, 3.05) is 26.3 Å². The van der Waals surface area contributed by atoms with Crippen LogP contribution in [0.25, 0.3) is 33.2 Å². The summed E-state index contributed by atoms with van der Waals surface area (Å²) in [6.45, 7) is 4.20. The smallest absolute Gasteiger partial charge is 0.254 e. The van der Waals surface area contributed by atoms with E-state index >= 15 is 4.39 Å². The number of benzene rings is 2. The van der Waals surface area contributed by atoms with E-state index < -0.39 is 5.82 Å². The second kappa shape index (κ2) is 8.52. The lowest BCUT2D eigenvalue weighted by Crippen LogP contribution is -2.40. The predicted octanol–water partition coefficient (Wildman–Crippen LogP) is 4.82. The number of ether oxygens (including phenoxy) is 2. The number of carbonyl (C=O) groups excluding carboxylic acids is 1. The van der Waals surface area contributed by atoms with E-state index in [4.69, 9.17) is 9.47 Å². The molecule has 0 bridgehead atoms. The maximum absolute atomic E-state index is 15.0. The minimum absolute atomic E-state index is 0.00494. The van der Waals surface area contributed by atoms with Crippen molar-refractivity contribution in [1.29, 1.82) is 0 Å². The standard InChI is InChI=1S/C26H22FN5O3/c1-15-12-18-20(30-15)6-7-22(23(18)27)35-25-19-13-21(31-24(19)28-14-29-25)16-2-4-17(5-3-16)26(33)32-8-10-34-11-9-32/h2-7,12-14,30H,8-11H2,1H3,(H,28,29,31). The van der Waals surface area contributed by atoms with Crippen LogP contribution in [0.15, 0.2) is 54.9 Å². The third-order valence-electron chi connectivity index (χ3n) is 6.17. The van der Waals surface area contributed by atoms with E-state index in [-0.39, 0.29) is 17.5 Å². The Kier molecular flexibility index (Phi) is 5.18. The molecule has 2 aromatic carbocycles. The summed E-state index contributed by atoms with van der Waals surface area (Å²) >= 11 is 0. The molecule has 0 spiro atoms. The summed E-state index contributed by atoms with van der Waals surface area (Å²) in [6, 6.07) is 14.4. The summed E-state index contributed by atoms with van der Waals surface area (Å²) in [4.78, 5) is 29.4. The van der Waals surface area contributed by atoms with Crippen LogP contribution >= 0.6 is 0 Å². The van der Waals surface area contributed by atoms with Gasteiger partial charge in [0.05, 0.1) is 18.6 Å². The third kappa shape index (κ3) is 3.89. The molecular weight excluding hydrogens is 449 g/mol. The first-order valence-corrected chi connectivity index (χ1v) is 11.3. The molecule has 1 fully saturated rings. The lowest BCUT2D eigenvalue weighted by atomic mass is 10.1. The molecule has 8 nitrogen and oxygen atoms in total. The van der Waals surface area contributed by atoms with Gasteiger partial charge in [-0.15, -0.1) is 0 Å². The molecule has 1 amide bonds. The van der Waals surface area contributed by atoms with E-state index in [0.29, 0.717) is 53.8 Å². The van der Waals surface area contributed by atoms with Crippen LogP contribution < -0.4 is 4.74 Å². The number of halogens is 1. The SMILES string of the molecule is Cc1cc2c(F)c(Oc3ncnc4[nH]c(-c5ccc(C(=O)N6CCOCC6)cc5)cc34)ccc2[nH]1. The lowest BCUT2D eigenvalue weighted by molar-refractivity contribution is 0.0303. The van der Waals surface area contributed by atoms with E-state index in [1.54, 1.807) is 23.1 Å². The number of rotatable bonds is 4. The zero-order valence-corrected chi connectivity index (χ0v) is 19.0. The van der Waals surface area contributed by atoms with Gasteiger partial charge in [0, 0.05) is 40.9 Å². The highest BCUT2D eigenvalue weighted by Gasteiger charge is 2.19. The van der Waals surface area contributed by atoms with Gasteiger partial charge in [0.1, 0.15) is 12.0 Å². The van der Waals surface area contributed by atoms with Gasteiger partial charge in [-0.2, -0.15) is 0 Å². The molecule has 4 heterocycles. The summed E-state index contributed by atoms with van der Waals surface area (Å²) in [6.07, 6.45) is 1.37. The Labute approximate surface area is 199 Å².